The minimum absolute atomic E-state index is 0.571. The maximum atomic E-state index is 5.34. The van der Waals surface area contributed by atoms with E-state index in [2.05, 4.69) is 40.1 Å². The number of nitrogens with one attached hydrogen (secondary N) is 1. The first-order valence-electron chi connectivity index (χ1n) is 9.88. The number of hydrogen-bond acceptors (Lipinski definition) is 4. The molecule has 3 aromatic rings. The van der Waals surface area contributed by atoms with Crippen LogP contribution < -0.4 is 5.32 Å². The number of hydrogen-bond donors (Lipinski definition) is 1. The SMILES string of the molecule is CCCc1nc2cc(-c3c(C)noc3C)ccn2c1NC1CCCCC1. The van der Waals surface area contributed by atoms with E-state index in [1.807, 2.05) is 13.8 Å². The van der Waals surface area contributed by atoms with E-state index < -0.39 is 0 Å². The summed E-state index contributed by atoms with van der Waals surface area (Å²) >= 11 is 0. The summed E-state index contributed by atoms with van der Waals surface area (Å²) in [6.45, 7) is 6.16. The van der Waals surface area contributed by atoms with E-state index in [9.17, 15) is 0 Å². The maximum absolute atomic E-state index is 5.34. The minimum Gasteiger partial charge on any atom is -0.367 e. The second-order valence-corrected chi connectivity index (χ2v) is 7.48. The summed E-state index contributed by atoms with van der Waals surface area (Å²) in [5, 5.41) is 7.89. The molecule has 1 aliphatic rings. The highest BCUT2D eigenvalue weighted by Crippen LogP contribution is 2.30. The highest BCUT2D eigenvalue weighted by atomic mass is 16.5. The van der Waals surface area contributed by atoms with Crippen LogP contribution in [0.25, 0.3) is 16.8 Å². The molecule has 5 nitrogen and oxygen atoms in total. The molecule has 1 saturated carbocycles. The van der Waals surface area contributed by atoms with Crippen LogP contribution in [-0.2, 0) is 6.42 Å². The average molecular weight is 352 g/mol. The quantitative estimate of drug-likeness (QED) is 0.676. The molecule has 3 heterocycles. The third-order valence-corrected chi connectivity index (χ3v) is 5.45. The van der Waals surface area contributed by atoms with E-state index >= 15 is 0 Å². The molecule has 0 aliphatic heterocycles. The molecule has 3 aromatic heterocycles. The lowest BCUT2D eigenvalue weighted by atomic mass is 9.95. The van der Waals surface area contributed by atoms with Gasteiger partial charge in [0, 0.05) is 17.8 Å². The van der Waals surface area contributed by atoms with Crippen LogP contribution in [0.15, 0.2) is 22.9 Å². The van der Waals surface area contributed by atoms with Crippen LogP contribution in [0.5, 0.6) is 0 Å². The van der Waals surface area contributed by atoms with Gasteiger partial charge >= 0.3 is 0 Å². The summed E-state index contributed by atoms with van der Waals surface area (Å²) in [6, 6.07) is 4.86. The third-order valence-electron chi connectivity index (χ3n) is 5.45. The maximum Gasteiger partial charge on any atom is 0.141 e. The van der Waals surface area contributed by atoms with Gasteiger partial charge in [-0.1, -0.05) is 37.8 Å². The van der Waals surface area contributed by atoms with Gasteiger partial charge in [-0.25, -0.2) is 4.98 Å². The average Bonchev–Trinajstić information content (AvgIpc) is 3.15. The second kappa shape index (κ2) is 7.14. The Balaban J connectivity index is 1.74. The molecule has 1 fully saturated rings. The molecule has 1 N–H and O–H groups in total. The fraction of sp³-hybridized carbons (Fsp3) is 0.524. The van der Waals surface area contributed by atoms with Crippen molar-refractivity contribution in [3.8, 4) is 11.1 Å². The summed E-state index contributed by atoms with van der Waals surface area (Å²) in [6.07, 6.45) is 10.8. The van der Waals surface area contributed by atoms with E-state index in [-0.39, 0.29) is 0 Å². The molecule has 0 amide bonds. The minimum atomic E-state index is 0.571. The Morgan fingerprint density at radius 1 is 1.23 bits per heavy atom. The lowest BCUT2D eigenvalue weighted by molar-refractivity contribution is 0.393. The van der Waals surface area contributed by atoms with Crippen LogP contribution in [0.4, 0.5) is 5.82 Å². The zero-order chi connectivity index (χ0) is 18.1. The first kappa shape index (κ1) is 17.1. The highest BCUT2D eigenvalue weighted by molar-refractivity contribution is 5.72. The third kappa shape index (κ3) is 3.11. The van der Waals surface area contributed by atoms with Crippen molar-refractivity contribution in [1.82, 2.24) is 14.5 Å². The number of nitrogens with zero attached hydrogens (tertiary/aromatic N) is 3. The number of pyridine rings is 1. The molecule has 1 aliphatic carbocycles. The van der Waals surface area contributed by atoms with E-state index in [1.54, 1.807) is 0 Å². The molecule has 0 radical (unpaired) electrons. The first-order valence-corrected chi connectivity index (χ1v) is 9.88. The first-order chi connectivity index (χ1) is 12.7. The Morgan fingerprint density at radius 2 is 2.04 bits per heavy atom. The summed E-state index contributed by atoms with van der Waals surface area (Å²) in [5.41, 5.74) is 5.28. The number of rotatable bonds is 5. The molecule has 138 valence electrons. The molecule has 0 bridgehead atoms. The summed E-state index contributed by atoms with van der Waals surface area (Å²) < 4.78 is 7.55. The van der Waals surface area contributed by atoms with E-state index in [4.69, 9.17) is 9.51 Å². The molecule has 5 heteroatoms. The lowest BCUT2D eigenvalue weighted by Crippen LogP contribution is -2.23. The number of fused-ring (bicyclic) bond motifs is 1. The van der Waals surface area contributed by atoms with Gasteiger partial charge in [-0.05, 0) is 50.8 Å². The summed E-state index contributed by atoms with van der Waals surface area (Å²) in [5.74, 6) is 2.03. The topological polar surface area (TPSA) is 55.4 Å². The largest absolute Gasteiger partial charge is 0.367 e. The van der Waals surface area contributed by atoms with Gasteiger partial charge in [-0.15, -0.1) is 0 Å². The van der Waals surface area contributed by atoms with Crippen molar-refractivity contribution >= 4 is 11.5 Å². The number of imidazole rings is 1. The Hall–Kier alpha value is -2.30. The highest BCUT2D eigenvalue weighted by Gasteiger charge is 2.19. The predicted octanol–water partition coefficient (Wildman–Crippen LogP) is 5.30. The van der Waals surface area contributed by atoms with Gasteiger partial charge in [0.1, 0.15) is 17.2 Å². The molecule has 0 aromatic carbocycles. The van der Waals surface area contributed by atoms with Gasteiger partial charge < -0.3 is 9.84 Å². The standard InChI is InChI=1S/C21H28N4O/c1-4-8-18-21(22-17-9-6-5-7-10-17)25-12-11-16(13-19(25)23-18)20-14(2)24-26-15(20)3/h11-13,17,22H,4-10H2,1-3H3. The van der Waals surface area contributed by atoms with Crippen molar-refractivity contribution in [1.29, 1.82) is 0 Å². The molecule has 0 atom stereocenters. The predicted molar refractivity (Wildman–Crippen MR) is 105 cm³/mol. The summed E-state index contributed by atoms with van der Waals surface area (Å²) in [4.78, 5) is 4.95. The van der Waals surface area contributed by atoms with Crippen molar-refractivity contribution in [2.75, 3.05) is 5.32 Å². The van der Waals surface area contributed by atoms with Gasteiger partial charge in [0.25, 0.3) is 0 Å². The lowest BCUT2D eigenvalue weighted by Gasteiger charge is -2.24. The van der Waals surface area contributed by atoms with Crippen molar-refractivity contribution in [3.05, 3.63) is 35.5 Å². The molecular weight excluding hydrogens is 324 g/mol. The molecule has 26 heavy (non-hydrogen) atoms. The van der Waals surface area contributed by atoms with Crippen LogP contribution in [0, 0.1) is 13.8 Å². The van der Waals surface area contributed by atoms with E-state index in [1.165, 1.54) is 43.6 Å². The molecular formula is C21H28N4O. The Kier molecular flexibility index (Phi) is 4.70. The Morgan fingerprint density at radius 3 is 2.73 bits per heavy atom. The Bertz CT molecular complexity index is 883. The van der Waals surface area contributed by atoms with Crippen molar-refractivity contribution in [3.63, 3.8) is 0 Å². The van der Waals surface area contributed by atoms with Crippen LogP contribution in [0.3, 0.4) is 0 Å². The molecule has 0 spiro atoms. The Labute approximate surface area is 154 Å². The van der Waals surface area contributed by atoms with E-state index in [0.717, 1.165) is 41.1 Å². The van der Waals surface area contributed by atoms with Crippen LogP contribution in [-0.4, -0.2) is 20.6 Å². The van der Waals surface area contributed by atoms with Gasteiger partial charge in [-0.2, -0.15) is 0 Å². The van der Waals surface area contributed by atoms with Crippen molar-refractivity contribution < 1.29 is 4.52 Å². The molecule has 0 saturated heterocycles. The summed E-state index contributed by atoms with van der Waals surface area (Å²) in [7, 11) is 0. The molecule has 4 rings (SSSR count). The zero-order valence-corrected chi connectivity index (χ0v) is 16.0. The number of anilines is 1. The van der Waals surface area contributed by atoms with Crippen LogP contribution in [0.1, 0.15) is 62.6 Å². The fourth-order valence-electron chi connectivity index (χ4n) is 4.15. The monoisotopic (exact) mass is 352 g/mol. The van der Waals surface area contributed by atoms with Gasteiger partial charge in [0.05, 0.1) is 11.4 Å². The van der Waals surface area contributed by atoms with Gasteiger partial charge in [0.15, 0.2) is 0 Å². The van der Waals surface area contributed by atoms with E-state index in [0.29, 0.717) is 6.04 Å². The number of aryl methyl sites for hydroxylation is 3. The number of aromatic nitrogens is 3. The fourth-order valence-corrected chi connectivity index (χ4v) is 4.15. The van der Waals surface area contributed by atoms with Crippen molar-refractivity contribution in [2.45, 2.75) is 71.8 Å². The smallest absolute Gasteiger partial charge is 0.141 e. The van der Waals surface area contributed by atoms with Gasteiger partial charge in [0.2, 0.25) is 0 Å². The molecule has 0 unspecified atom stereocenters. The van der Waals surface area contributed by atoms with Crippen LogP contribution in [0.2, 0.25) is 0 Å². The zero-order valence-electron chi connectivity index (χ0n) is 16.0. The van der Waals surface area contributed by atoms with Gasteiger partial charge in [-0.3, -0.25) is 4.40 Å². The second-order valence-electron chi connectivity index (χ2n) is 7.48. The normalized spacial score (nSPS) is 15.7. The van der Waals surface area contributed by atoms with Crippen molar-refractivity contribution in [2.24, 2.45) is 0 Å². The van der Waals surface area contributed by atoms with Crippen LogP contribution >= 0.6 is 0 Å².